The number of phosphoric ester groups is 1. The first-order valence-corrected chi connectivity index (χ1v) is 36.7. The predicted molar refractivity (Wildman–Crippen MR) is 358 cm³/mol. The third-order valence-corrected chi connectivity index (χ3v) is 16.6. The van der Waals surface area contributed by atoms with Crippen LogP contribution in [0.3, 0.4) is 0 Å². The van der Waals surface area contributed by atoms with E-state index in [0.717, 1.165) is 103 Å². The van der Waals surface area contributed by atoms with Gasteiger partial charge in [-0.15, -0.1) is 0 Å². The van der Waals surface area contributed by atoms with Gasteiger partial charge in [0.1, 0.15) is 19.3 Å². The Balaban J connectivity index is 5.04. The van der Waals surface area contributed by atoms with Crippen LogP contribution in [-0.2, 0) is 27.9 Å². The Hall–Kier alpha value is -2.55. The van der Waals surface area contributed by atoms with Gasteiger partial charge in [-0.25, -0.2) is 0 Å². The molecule has 0 rings (SSSR count). The zero-order chi connectivity index (χ0) is 60.7. The van der Waals surface area contributed by atoms with E-state index in [4.69, 9.17) is 13.8 Å². The molecular weight excluding hydrogens is 1050 g/mol. The number of carbonyl (C=O) groups is 2. The molecule has 1 amide bonds. The lowest BCUT2D eigenvalue weighted by molar-refractivity contribution is -0.870. The molecule has 0 aromatic rings. The van der Waals surface area contributed by atoms with E-state index in [9.17, 15) is 19.0 Å². The maximum Gasteiger partial charge on any atom is 0.306 e. The molecule has 3 atom stereocenters. The summed E-state index contributed by atoms with van der Waals surface area (Å²) in [6.45, 7) is 6.76. The van der Waals surface area contributed by atoms with Gasteiger partial charge in [-0.2, -0.15) is 0 Å². The van der Waals surface area contributed by atoms with Gasteiger partial charge in [0.2, 0.25) is 5.91 Å². The van der Waals surface area contributed by atoms with Crippen LogP contribution < -0.4 is 10.2 Å². The van der Waals surface area contributed by atoms with E-state index in [1.807, 2.05) is 33.3 Å². The molecular formula is C73H135N2O7P. The van der Waals surface area contributed by atoms with E-state index in [0.29, 0.717) is 17.4 Å². The van der Waals surface area contributed by atoms with Crippen molar-refractivity contribution in [3.05, 3.63) is 72.9 Å². The zero-order valence-corrected chi connectivity index (χ0v) is 56.3. The van der Waals surface area contributed by atoms with E-state index in [1.54, 1.807) is 0 Å². The number of ether oxygens (including phenoxy) is 1. The van der Waals surface area contributed by atoms with Crippen molar-refractivity contribution in [1.82, 2.24) is 5.32 Å². The number of nitrogens with one attached hydrogen (secondary N) is 1. The van der Waals surface area contributed by atoms with Gasteiger partial charge in [0.05, 0.1) is 33.8 Å². The molecule has 0 spiro atoms. The Kier molecular flexibility index (Phi) is 60.6. The minimum atomic E-state index is -4.70. The Morgan fingerprint density at radius 1 is 0.434 bits per heavy atom. The van der Waals surface area contributed by atoms with E-state index in [1.165, 1.54) is 193 Å². The molecule has 9 nitrogen and oxygen atoms in total. The normalized spacial score (nSPS) is 14.0. The van der Waals surface area contributed by atoms with E-state index in [2.05, 4.69) is 86.8 Å². The Labute approximate surface area is 514 Å². The van der Waals surface area contributed by atoms with Crippen LogP contribution in [0.4, 0.5) is 0 Å². The molecule has 0 radical (unpaired) electrons. The molecule has 0 fully saturated rings. The third-order valence-electron chi connectivity index (χ3n) is 15.7. The van der Waals surface area contributed by atoms with Gasteiger partial charge in [-0.3, -0.25) is 14.2 Å². The zero-order valence-electron chi connectivity index (χ0n) is 55.4. The monoisotopic (exact) mass is 1180 g/mol. The molecule has 0 heterocycles. The van der Waals surface area contributed by atoms with Crippen molar-refractivity contribution in [2.75, 3.05) is 40.9 Å². The summed E-state index contributed by atoms with van der Waals surface area (Å²) in [6.07, 6.45) is 81.7. The molecule has 484 valence electrons. The molecule has 0 saturated carbocycles. The Morgan fingerprint density at radius 2 is 0.771 bits per heavy atom. The summed E-state index contributed by atoms with van der Waals surface area (Å²) in [5, 5.41) is 3.04. The first kappa shape index (κ1) is 80.5. The lowest BCUT2D eigenvalue weighted by Gasteiger charge is -2.30. The van der Waals surface area contributed by atoms with Crippen LogP contribution in [0.2, 0.25) is 0 Å². The van der Waals surface area contributed by atoms with E-state index < -0.39 is 20.0 Å². The average molecular weight is 1180 g/mol. The summed E-state index contributed by atoms with van der Waals surface area (Å²) in [7, 11) is 1.19. The standard InChI is InChI=1S/C73H135N2O7P/c1-7-10-13-16-19-22-25-27-29-31-33-35-36-37-38-40-42-44-46-48-51-54-57-60-63-66-73(77)82-71(64-61-58-55-52-49-24-21-18-15-12-9-3)70(69-81-83(78,79)80-68-67-75(4,5)6)74-72(76)65-62-59-56-53-50-47-45-43-41-39-34-32-30-28-26-23-20-17-14-11-8-2/h10,13,19,22,27,29,33,35,37-38,61,64,70-71H,7-9,11-12,14-18,20-21,23-26,28,30-32,34,36,39-60,62-63,65-69H2,1-6H3,(H-,74,76,78,79)/b13-10-,22-19-,29-27-,35-33-,38-37-,64-61+. The number of esters is 1. The molecule has 0 aliphatic heterocycles. The largest absolute Gasteiger partial charge is 0.756 e. The Bertz CT molecular complexity index is 1650. The predicted octanol–water partition coefficient (Wildman–Crippen LogP) is 21.7. The van der Waals surface area contributed by atoms with Crippen molar-refractivity contribution in [2.45, 2.75) is 341 Å². The number of hydrogen-bond donors (Lipinski definition) is 1. The van der Waals surface area contributed by atoms with Crippen LogP contribution >= 0.6 is 7.82 Å². The summed E-state index contributed by atoms with van der Waals surface area (Å²) >= 11 is 0. The maximum absolute atomic E-state index is 13.6. The van der Waals surface area contributed by atoms with Gasteiger partial charge in [0.25, 0.3) is 7.82 Å². The molecule has 0 aliphatic rings. The minimum absolute atomic E-state index is 0.0235. The maximum atomic E-state index is 13.6. The highest BCUT2D eigenvalue weighted by Gasteiger charge is 2.27. The number of allylic oxidation sites excluding steroid dienone is 11. The minimum Gasteiger partial charge on any atom is -0.756 e. The summed E-state index contributed by atoms with van der Waals surface area (Å²) < 4.78 is 30.4. The molecule has 0 aromatic carbocycles. The summed E-state index contributed by atoms with van der Waals surface area (Å²) in [5.41, 5.74) is 0. The third kappa shape index (κ3) is 63.8. The van der Waals surface area contributed by atoms with Gasteiger partial charge < -0.3 is 28.5 Å². The molecule has 83 heavy (non-hydrogen) atoms. The first-order valence-electron chi connectivity index (χ1n) is 35.2. The number of likely N-dealkylation sites (N-methyl/N-ethyl adjacent to an activating group) is 1. The molecule has 0 saturated heterocycles. The topological polar surface area (TPSA) is 114 Å². The molecule has 0 aliphatic carbocycles. The molecule has 3 unspecified atom stereocenters. The van der Waals surface area contributed by atoms with Gasteiger partial charge in [0, 0.05) is 12.8 Å². The highest BCUT2D eigenvalue weighted by Crippen LogP contribution is 2.38. The summed E-state index contributed by atoms with van der Waals surface area (Å²) in [4.78, 5) is 40.1. The number of unbranched alkanes of at least 4 members (excludes halogenated alkanes) is 38. The van der Waals surface area contributed by atoms with Crippen molar-refractivity contribution < 1.29 is 37.3 Å². The Morgan fingerprint density at radius 3 is 1.16 bits per heavy atom. The highest BCUT2D eigenvalue weighted by molar-refractivity contribution is 7.45. The lowest BCUT2D eigenvalue weighted by Crippen LogP contribution is -2.47. The van der Waals surface area contributed by atoms with Crippen molar-refractivity contribution in [1.29, 1.82) is 0 Å². The summed E-state index contributed by atoms with van der Waals surface area (Å²) in [5.74, 6) is -0.537. The van der Waals surface area contributed by atoms with Crippen molar-refractivity contribution in [3.63, 3.8) is 0 Å². The van der Waals surface area contributed by atoms with Crippen molar-refractivity contribution in [3.8, 4) is 0 Å². The van der Waals surface area contributed by atoms with Gasteiger partial charge in [-0.05, 0) is 76.7 Å². The second-order valence-corrected chi connectivity index (χ2v) is 26.4. The van der Waals surface area contributed by atoms with Crippen LogP contribution in [-0.4, -0.2) is 69.4 Å². The number of hydrogen-bond acceptors (Lipinski definition) is 7. The number of nitrogens with zero attached hydrogens (tertiary/aromatic N) is 1. The second kappa shape index (κ2) is 62.5. The number of carbonyl (C=O) groups excluding carboxylic acids is 2. The fourth-order valence-electron chi connectivity index (χ4n) is 10.3. The van der Waals surface area contributed by atoms with Crippen LogP contribution in [0.25, 0.3) is 0 Å². The average Bonchev–Trinajstić information content (AvgIpc) is 3.51. The lowest BCUT2D eigenvalue weighted by atomic mass is 10.0. The van der Waals surface area contributed by atoms with Gasteiger partial charge >= 0.3 is 5.97 Å². The van der Waals surface area contributed by atoms with Crippen LogP contribution in [0.15, 0.2) is 72.9 Å². The van der Waals surface area contributed by atoms with Gasteiger partial charge in [0.15, 0.2) is 0 Å². The van der Waals surface area contributed by atoms with Crippen molar-refractivity contribution >= 4 is 19.7 Å². The van der Waals surface area contributed by atoms with Crippen LogP contribution in [0.5, 0.6) is 0 Å². The van der Waals surface area contributed by atoms with E-state index >= 15 is 0 Å². The van der Waals surface area contributed by atoms with Gasteiger partial charge in [-0.1, -0.05) is 312 Å². The van der Waals surface area contributed by atoms with Crippen molar-refractivity contribution in [2.24, 2.45) is 0 Å². The van der Waals surface area contributed by atoms with Crippen LogP contribution in [0.1, 0.15) is 329 Å². The smallest absolute Gasteiger partial charge is 0.306 e. The number of amides is 1. The SMILES string of the molecule is CC/C=C\C/C=C\C/C=C\C/C=C\C/C=C\CCCCCCCCCCCC(=O)OC(/C=C/CCCCCCCCCCC)C(COP(=O)([O-])OCC[N+](C)(C)C)NC(=O)CCCCCCCCCCCCCCCCCCCCCCC. The first-order chi connectivity index (χ1) is 40.4. The molecule has 10 heteroatoms. The fourth-order valence-corrected chi connectivity index (χ4v) is 11.0. The molecule has 0 aromatic heterocycles. The fraction of sp³-hybridized carbons (Fsp3) is 0.808. The molecule has 1 N–H and O–H groups in total. The number of rotatable bonds is 64. The number of quaternary nitrogens is 1. The summed E-state index contributed by atoms with van der Waals surface area (Å²) in [6, 6.07) is -0.892. The highest BCUT2D eigenvalue weighted by atomic mass is 31.2. The van der Waals surface area contributed by atoms with Crippen LogP contribution in [0, 0.1) is 0 Å². The quantitative estimate of drug-likeness (QED) is 0.0212. The molecule has 0 bridgehead atoms. The number of phosphoric acid groups is 1. The second-order valence-electron chi connectivity index (χ2n) is 25.0. The van der Waals surface area contributed by atoms with E-state index in [-0.39, 0.29) is 31.5 Å².